The zero-order chi connectivity index (χ0) is 16.6. The summed E-state index contributed by atoms with van der Waals surface area (Å²) < 4.78 is 6.17. The van der Waals surface area contributed by atoms with Crippen LogP contribution in [0, 0.1) is 22.7 Å². The first-order valence-electron chi connectivity index (χ1n) is 8.88. The number of ketones is 1. The molecule has 1 saturated heterocycles. The molecule has 0 aromatic carbocycles. The minimum absolute atomic E-state index is 0.129. The maximum absolute atomic E-state index is 13.2. The van der Waals surface area contributed by atoms with Crippen molar-refractivity contribution < 1.29 is 14.3 Å². The predicted octanol–water partition coefficient (Wildman–Crippen LogP) is 3.98. The van der Waals surface area contributed by atoms with Crippen LogP contribution in [0.15, 0.2) is 24.3 Å². The van der Waals surface area contributed by atoms with Gasteiger partial charge >= 0.3 is 5.97 Å². The number of hydrogen-bond acceptors (Lipinski definition) is 3. The van der Waals surface area contributed by atoms with Gasteiger partial charge in [0, 0.05) is 11.8 Å². The molecule has 0 unspecified atom stereocenters. The molecule has 124 valence electrons. The van der Waals surface area contributed by atoms with E-state index in [1.807, 2.05) is 0 Å². The van der Waals surface area contributed by atoms with Crippen molar-refractivity contribution in [2.24, 2.45) is 22.7 Å². The molecule has 5 fully saturated rings. The Morgan fingerprint density at radius 1 is 1.22 bits per heavy atom. The first-order chi connectivity index (χ1) is 10.8. The van der Waals surface area contributed by atoms with Gasteiger partial charge in [-0.05, 0) is 62.9 Å². The van der Waals surface area contributed by atoms with Crippen LogP contribution in [-0.4, -0.2) is 17.4 Å². The molecule has 1 heterocycles. The summed E-state index contributed by atoms with van der Waals surface area (Å²) in [5.41, 5.74) is 0.584. The van der Waals surface area contributed by atoms with Crippen molar-refractivity contribution in [2.75, 3.05) is 0 Å². The number of esters is 1. The monoisotopic (exact) mass is 314 g/mol. The van der Waals surface area contributed by atoms with Crippen LogP contribution in [0.4, 0.5) is 0 Å². The third-order valence-corrected chi connectivity index (χ3v) is 7.73. The first kappa shape index (κ1) is 15.2. The fraction of sp³-hybridized carbons (Fsp3) is 0.700. The van der Waals surface area contributed by atoms with Crippen LogP contribution in [-0.2, 0) is 14.3 Å². The highest BCUT2D eigenvalue weighted by Crippen LogP contribution is 2.72. The number of allylic oxidation sites excluding steroid dienone is 2. The van der Waals surface area contributed by atoms with E-state index in [1.165, 1.54) is 0 Å². The highest BCUT2D eigenvalue weighted by atomic mass is 16.6. The Hall–Kier alpha value is -1.38. The molecule has 5 atom stereocenters. The average Bonchev–Trinajstić information content (AvgIpc) is 2.50. The summed E-state index contributed by atoms with van der Waals surface area (Å²) in [6, 6.07) is 0. The molecule has 0 amide bonds. The highest BCUT2D eigenvalue weighted by molar-refractivity contribution is 6.03. The molecule has 5 rings (SSSR count). The fourth-order valence-electron chi connectivity index (χ4n) is 6.59. The van der Waals surface area contributed by atoms with Gasteiger partial charge in [-0.15, -0.1) is 0 Å². The molecule has 2 bridgehead atoms. The zero-order valence-electron chi connectivity index (χ0n) is 14.2. The standard InChI is InChI=1S/C20H26O3/c1-12(2)15-6-10-19-9-5-14(13(3)17(19)22)11-20(19)18(15,4)8-7-16(21)23-20/h14-15H,1,3,5-11H2,2,4H3/t14-,15+,18+,19+,20+/m1/s1. The molecule has 23 heavy (non-hydrogen) atoms. The summed E-state index contributed by atoms with van der Waals surface area (Å²) in [5.74, 6) is 0.552. The summed E-state index contributed by atoms with van der Waals surface area (Å²) in [4.78, 5) is 25.5. The third kappa shape index (κ3) is 1.52. The van der Waals surface area contributed by atoms with Crippen LogP contribution in [0.3, 0.4) is 0 Å². The molecule has 0 aromatic heterocycles. The lowest BCUT2D eigenvalue weighted by Gasteiger charge is -2.70. The van der Waals surface area contributed by atoms with Crippen LogP contribution in [0.5, 0.6) is 0 Å². The molecular formula is C20H26O3. The second-order valence-electron chi connectivity index (χ2n) is 8.53. The maximum atomic E-state index is 13.2. The number of ether oxygens (including phenoxy) is 1. The fourth-order valence-corrected chi connectivity index (χ4v) is 6.59. The lowest BCUT2D eigenvalue weighted by Crippen LogP contribution is -2.74. The number of hydrogen-bond donors (Lipinski definition) is 0. The van der Waals surface area contributed by atoms with Gasteiger partial charge in [-0.3, -0.25) is 9.59 Å². The molecule has 4 aliphatic carbocycles. The Balaban J connectivity index is 1.94. The summed E-state index contributed by atoms with van der Waals surface area (Å²) in [5, 5.41) is 0. The smallest absolute Gasteiger partial charge is 0.306 e. The normalized spacial score (nSPS) is 48.5. The Morgan fingerprint density at radius 2 is 1.91 bits per heavy atom. The Labute approximate surface area is 138 Å². The van der Waals surface area contributed by atoms with Gasteiger partial charge in [-0.25, -0.2) is 0 Å². The number of carbonyl (C=O) groups is 2. The third-order valence-electron chi connectivity index (χ3n) is 7.73. The number of Topliss-reactive ketones (excluding diaryl/α,β-unsaturated/α-hetero) is 1. The maximum Gasteiger partial charge on any atom is 0.306 e. The van der Waals surface area contributed by atoms with Crippen molar-refractivity contribution in [3.8, 4) is 0 Å². The number of rotatable bonds is 1. The van der Waals surface area contributed by atoms with Crippen LogP contribution in [0.2, 0.25) is 0 Å². The molecule has 2 spiro atoms. The molecule has 5 aliphatic rings. The van der Waals surface area contributed by atoms with Gasteiger partial charge in [0.1, 0.15) is 5.60 Å². The van der Waals surface area contributed by atoms with Crippen LogP contribution >= 0.6 is 0 Å². The lowest BCUT2D eigenvalue weighted by atomic mass is 9.37. The van der Waals surface area contributed by atoms with Gasteiger partial charge < -0.3 is 4.74 Å². The van der Waals surface area contributed by atoms with E-state index in [2.05, 4.69) is 27.0 Å². The van der Waals surface area contributed by atoms with E-state index in [-0.39, 0.29) is 23.1 Å². The van der Waals surface area contributed by atoms with E-state index >= 15 is 0 Å². The second kappa shape index (κ2) is 4.37. The Morgan fingerprint density at radius 3 is 2.61 bits per heavy atom. The Bertz CT molecular complexity index is 647. The largest absolute Gasteiger partial charge is 0.457 e. The van der Waals surface area contributed by atoms with E-state index in [1.54, 1.807) is 0 Å². The predicted molar refractivity (Wildman–Crippen MR) is 87.6 cm³/mol. The van der Waals surface area contributed by atoms with E-state index in [0.29, 0.717) is 12.3 Å². The topological polar surface area (TPSA) is 43.4 Å². The second-order valence-corrected chi connectivity index (χ2v) is 8.53. The van der Waals surface area contributed by atoms with Crippen LogP contribution in [0.1, 0.15) is 58.8 Å². The summed E-state index contributed by atoms with van der Waals surface area (Å²) in [7, 11) is 0. The molecule has 3 nitrogen and oxygen atoms in total. The molecule has 4 saturated carbocycles. The van der Waals surface area contributed by atoms with Crippen LogP contribution < -0.4 is 0 Å². The van der Waals surface area contributed by atoms with Crippen molar-refractivity contribution in [3.05, 3.63) is 24.3 Å². The number of carbonyl (C=O) groups excluding carboxylic acids is 2. The van der Waals surface area contributed by atoms with Gasteiger partial charge in [-0.2, -0.15) is 0 Å². The molecular weight excluding hydrogens is 288 g/mol. The summed E-state index contributed by atoms with van der Waals surface area (Å²) in [6.45, 7) is 12.6. The molecule has 0 N–H and O–H groups in total. The van der Waals surface area contributed by atoms with Gasteiger partial charge in [0.05, 0.1) is 5.41 Å². The molecule has 0 radical (unpaired) electrons. The minimum atomic E-state index is -0.640. The summed E-state index contributed by atoms with van der Waals surface area (Å²) in [6.07, 6.45) is 5.67. The average molecular weight is 314 g/mol. The highest BCUT2D eigenvalue weighted by Gasteiger charge is 2.76. The Kier molecular flexibility index (Phi) is 2.88. The minimum Gasteiger partial charge on any atom is -0.457 e. The van der Waals surface area contributed by atoms with Crippen molar-refractivity contribution in [1.82, 2.24) is 0 Å². The zero-order valence-corrected chi connectivity index (χ0v) is 14.2. The van der Waals surface area contributed by atoms with E-state index < -0.39 is 11.0 Å². The van der Waals surface area contributed by atoms with Crippen LogP contribution in [0.25, 0.3) is 0 Å². The van der Waals surface area contributed by atoms with Gasteiger partial charge in [-0.1, -0.05) is 25.7 Å². The van der Waals surface area contributed by atoms with E-state index in [4.69, 9.17) is 4.74 Å². The lowest BCUT2D eigenvalue weighted by molar-refractivity contribution is -0.270. The van der Waals surface area contributed by atoms with Crippen molar-refractivity contribution in [3.63, 3.8) is 0 Å². The van der Waals surface area contributed by atoms with E-state index in [9.17, 15) is 9.59 Å². The van der Waals surface area contributed by atoms with E-state index in [0.717, 1.165) is 49.7 Å². The van der Waals surface area contributed by atoms with Crippen molar-refractivity contribution >= 4 is 11.8 Å². The molecule has 0 aromatic rings. The first-order valence-corrected chi connectivity index (χ1v) is 8.88. The van der Waals surface area contributed by atoms with Crippen molar-refractivity contribution in [1.29, 1.82) is 0 Å². The number of fused-ring (bicyclic) bond motifs is 2. The molecule has 1 aliphatic heterocycles. The molecule has 3 heteroatoms. The van der Waals surface area contributed by atoms with Gasteiger partial charge in [0.2, 0.25) is 0 Å². The summed E-state index contributed by atoms with van der Waals surface area (Å²) >= 11 is 0. The SMILES string of the molecule is C=C1C(=O)[C@@]23CC[C@@H]1C[C@@]21OC(=O)CC[C@@]1(C)[C@H](C(=C)C)CC3. The van der Waals surface area contributed by atoms with Gasteiger partial charge in [0.25, 0.3) is 0 Å². The van der Waals surface area contributed by atoms with Crippen molar-refractivity contribution in [2.45, 2.75) is 64.4 Å². The van der Waals surface area contributed by atoms with Gasteiger partial charge in [0.15, 0.2) is 5.78 Å². The quantitative estimate of drug-likeness (QED) is 0.418.